The summed E-state index contributed by atoms with van der Waals surface area (Å²) in [5.41, 5.74) is 0.631. The summed E-state index contributed by atoms with van der Waals surface area (Å²) in [4.78, 5) is 34.5. The summed E-state index contributed by atoms with van der Waals surface area (Å²) in [6, 6.07) is 11.4. The first-order valence-corrected chi connectivity index (χ1v) is 14.5. The molecule has 212 valence electrons. The molecule has 0 radical (unpaired) electrons. The van der Waals surface area contributed by atoms with Crippen LogP contribution in [0.1, 0.15) is 71.6 Å². The van der Waals surface area contributed by atoms with Crippen molar-refractivity contribution in [2.45, 2.75) is 57.5 Å². The largest absolute Gasteiger partial charge is 0.493 e. The second-order valence-corrected chi connectivity index (χ2v) is 11.4. The Morgan fingerprint density at radius 1 is 1.05 bits per heavy atom. The quantitative estimate of drug-likeness (QED) is 0.476. The molecule has 1 atom stereocenters. The Kier molecular flexibility index (Phi) is 7.91. The maximum Gasteiger partial charge on any atom is 0.289 e. The van der Waals surface area contributed by atoms with E-state index >= 15 is 0 Å². The van der Waals surface area contributed by atoms with Crippen molar-refractivity contribution in [2.75, 3.05) is 39.5 Å². The lowest BCUT2D eigenvalue weighted by Crippen LogP contribution is -2.45. The second-order valence-electron chi connectivity index (χ2n) is 11.4. The predicted molar refractivity (Wildman–Crippen MR) is 148 cm³/mol. The Morgan fingerprint density at radius 2 is 1.95 bits per heavy atom. The van der Waals surface area contributed by atoms with Gasteiger partial charge in [-0.15, -0.1) is 0 Å². The van der Waals surface area contributed by atoms with Crippen molar-refractivity contribution in [3.05, 3.63) is 72.2 Å². The monoisotopic (exact) mass is 546 g/mol. The van der Waals surface area contributed by atoms with Gasteiger partial charge in [0.05, 0.1) is 32.1 Å². The van der Waals surface area contributed by atoms with E-state index in [0.717, 1.165) is 63.0 Å². The molecule has 0 N–H and O–H groups in total. The van der Waals surface area contributed by atoms with E-state index in [1.807, 2.05) is 50.9 Å². The van der Waals surface area contributed by atoms with Crippen LogP contribution < -0.4 is 4.74 Å². The number of amides is 2. The first-order chi connectivity index (χ1) is 19.6. The average molecular weight is 547 g/mol. The number of imidazole rings is 1. The predicted octanol–water partition coefficient (Wildman–Crippen LogP) is 4.63. The maximum atomic E-state index is 13.3. The van der Waals surface area contributed by atoms with E-state index in [4.69, 9.17) is 13.9 Å². The highest BCUT2D eigenvalue weighted by atomic mass is 16.5. The van der Waals surface area contributed by atoms with Gasteiger partial charge in [-0.05, 0) is 68.9 Å². The number of benzene rings is 1. The number of carbonyl (C=O) groups excluding carboxylic acids is 2. The van der Waals surface area contributed by atoms with Crippen molar-refractivity contribution in [3.63, 3.8) is 0 Å². The normalized spacial score (nSPS) is 21.9. The van der Waals surface area contributed by atoms with Crippen LogP contribution in [0, 0.1) is 5.41 Å². The molecule has 9 nitrogen and oxygen atoms in total. The van der Waals surface area contributed by atoms with Gasteiger partial charge in [-0.3, -0.25) is 9.59 Å². The summed E-state index contributed by atoms with van der Waals surface area (Å²) < 4.78 is 20.2. The van der Waals surface area contributed by atoms with Crippen LogP contribution in [0.2, 0.25) is 0 Å². The molecule has 40 heavy (non-hydrogen) atoms. The van der Waals surface area contributed by atoms with Gasteiger partial charge in [0, 0.05) is 49.6 Å². The summed E-state index contributed by atoms with van der Waals surface area (Å²) in [6.07, 6.45) is 12.1. The fraction of sp³-hybridized carbons (Fsp3) is 0.516. The molecule has 5 heterocycles. The first kappa shape index (κ1) is 26.6. The van der Waals surface area contributed by atoms with Crippen molar-refractivity contribution >= 4 is 11.8 Å². The SMILES string of the molecule is O=C(c1ccc(Cn2ccnc2)o1)N1CCC2(CCCCOC[C@@H]3CCCN3C(=O)c3cccc(c3)OC2)CC1. The van der Waals surface area contributed by atoms with Crippen LogP contribution in [0.5, 0.6) is 5.75 Å². The number of fused-ring (bicyclic) bond motifs is 3. The maximum absolute atomic E-state index is 13.3. The third-order valence-corrected chi connectivity index (χ3v) is 8.70. The third-order valence-electron chi connectivity index (χ3n) is 8.70. The number of aromatic nitrogens is 2. The number of ether oxygens (including phenoxy) is 2. The van der Waals surface area contributed by atoms with Gasteiger partial charge in [0.15, 0.2) is 5.76 Å². The van der Waals surface area contributed by atoms with Gasteiger partial charge < -0.3 is 28.3 Å². The van der Waals surface area contributed by atoms with Crippen LogP contribution in [-0.4, -0.2) is 76.7 Å². The molecule has 1 aromatic carbocycles. The van der Waals surface area contributed by atoms with Gasteiger partial charge in [-0.1, -0.05) is 12.5 Å². The molecule has 2 fully saturated rings. The van der Waals surface area contributed by atoms with Crippen molar-refractivity contribution in [1.29, 1.82) is 0 Å². The molecule has 1 spiro atoms. The van der Waals surface area contributed by atoms with E-state index in [2.05, 4.69) is 4.98 Å². The zero-order valence-electron chi connectivity index (χ0n) is 23.0. The summed E-state index contributed by atoms with van der Waals surface area (Å²) in [5, 5.41) is 0. The summed E-state index contributed by atoms with van der Waals surface area (Å²) in [7, 11) is 0. The zero-order chi connectivity index (χ0) is 27.4. The number of rotatable bonds is 3. The fourth-order valence-electron chi connectivity index (χ4n) is 6.27. The second kappa shape index (κ2) is 11.9. The number of likely N-dealkylation sites (tertiary alicyclic amines) is 1. The minimum absolute atomic E-state index is 0.0350. The lowest BCUT2D eigenvalue weighted by molar-refractivity contribution is 0.0315. The molecule has 2 aromatic heterocycles. The van der Waals surface area contributed by atoms with Crippen molar-refractivity contribution in [1.82, 2.24) is 19.4 Å². The van der Waals surface area contributed by atoms with Crippen LogP contribution in [0.15, 0.2) is 59.5 Å². The van der Waals surface area contributed by atoms with E-state index in [1.165, 1.54) is 0 Å². The van der Waals surface area contributed by atoms with E-state index in [0.29, 0.717) is 50.8 Å². The molecule has 3 aliphatic heterocycles. The average Bonchev–Trinajstić information content (AvgIpc) is 3.77. The Hall–Kier alpha value is -3.59. The topological polar surface area (TPSA) is 90.0 Å². The van der Waals surface area contributed by atoms with E-state index < -0.39 is 0 Å². The summed E-state index contributed by atoms with van der Waals surface area (Å²) in [5.74, 6) is 1.83. The molecule has 2 bridgehead atoms. The molecule has 6 rings (SSSR count). The van der Waals surface area contributed by atoms with Crippen molar-refractivity contribution in [3.8, 4) is 5.75 Å². The Morgan fingerprint density at radius 3 is 2.80 bits per heavy atom. The highest BCUT2D eigenvalue weighted by Crippen LogP contribution is 2.38. The number of furan rings is 1. The van der Waals surface area contributed by atoms with Gasteiger partial charge in [-0.25, -0.2) is 4.98 Å². The van der Waals surface area contributed by atoms with Crippen LogP contribution in [0.4, 0.5) is 0 Å². The molecular weight excluding hydrogens is 508 g/mol. The van der Waals surface area contributed by atoms with Gasteiger partial charge in [0.1, 0.15) is 11.5 Å². The number of nitrogens with zero attached hydrogens (tertiary/aromatic N) is 4. The minimum Gasteiger partial charge on any atom is -0.493 e. The van der Waals surface area contributed by atoms with E-state index in [1.54, 1.807) is 18.6 Å². The van der Waals surface area contributed by atoms with E-state index in [-0.39, 0.29) is 23.3 Å². The summed E-state index contributed by atoms with van der Waals surface area (Å²) >= 11 is 0. The Balaban J connectivity index is 1.11. The lowest BCUT2D eigenvalue weighted by Gasteiger charge is -2.41. The zero-order valence-corrected chi connectivity index (χ0v) is 23.0. The Bertz CT molecular complexity index is 1290. The lowest BCUT2D eigenvalue weighted by atomic mass is 9.75. The van der Waals surface area contributed by atoms with Crippen molar-refractivity contribution in [2.24, 2.45) is 5.41 Å². The number of hydrogen-bond donors (Lipinski definition) is 0. The van der Waals surface area contributed by atoms with Crippen LogP contribution >= 0.6 is 0 Å². The summed E-state index contributed by atoms with van der Waals surface area (Å²) in [6.45, 7) is 4.50. The molecule has 3 aromatic rings. The number of piperidine rings is 1. The molecule has 3 aliphatic rings. The first-order valence-electron chi connectivity index (χ1n) is 14.5. The Labute approximate surface area is 235 Å². The smallest absolute Gasteiger partial charge is 0.289 e. The van der Waals surface area contributed by atoms with E-state index in [9.17, 15) is 9.59 Å². The van der Waals surface area contributed by atoms with Crippen molar-refractivity contribution < 1.29 is 23.5 Å². The number of carbonyl (C=O) groups is 2. The van der Waals surface area contributed by atoms with Gasteiger partial charge >= 0.3 is 0 Å². The third kappa shape index (κ3) is 5.94. The molecule has 0 unspecified atom stereocenters. The molecule has 9 heteroatoms. The highest BCUT2D eigenvalue weighted by Gasteiger charge is 2.37. The fourth-order valence-corrected chi connectivity index (χ4v) is 6.27. The van der Waals surface area contributed by atoms with Gasteiger partial charge in [-0.2, -0.15) is 0 Å². The standard InChI is InChI=1S/C31H38N4O5/c36-29-24-5-3-7-26(19-24)39-22-31(10-1-2-18-38-21-25-6-4-14-35(25)29)11-15-34(16-12-31)30(37)28-9-8-27(40-28)20-33-17-13-32-23-33/h3,5,7-9,13,17,19,23,25H,1-2,4,6,10-12,14-16,18,20-22H2/t25-/m0/s1. The van der Waals surface area contributed by atoms with Crippen LogP contribution in [0.3, 0.4) is 0 Å². The molecule has 2 amide bonds. The van der Waals surface area contributed by atoms with Crippen LogP contribution in [-0.2, 0) is 11.3 Å². The minimum atomic E-state index is -0.0649. The highest BCUT2D eigenvalue weighted by molar-refractivity contribution is 5.95. The number of hydrogen-bond acceptors (Lipinski definition) is 6. The van der Waals surface area contributed by atoms with Gasteiger partial charge in [0.25, 0.3) is 11.8 Å². The molecule has 0 saturated carbocycles. The molecular formula is C31H38N4O5. The molecule has 0 aliphatic carbocycles. The molecule has 2 saturated heterocycles. The van der Waals surface area contributed by atoms with Gasteiger partial charge in [0.2, 0.25) is 0 Å². The van der Waals surface area contributed by atoms with Crippen LogP contribution in [0.25, 0.3) is 0 Å².